The molecule has 3 rings (SSSR count). The van der Waals surface area contributed by atoms with Crippen LogP contribution in [0.4, 0.5) is 10.3 Å². The predicted octanol–water partition coefficient (Wildman–Crippen LogP) is 2.39. The lowest BCUT2D eigenvalue weighted by Gasteiger charge is -2.10. The van der Waals surface area contributed by atoms with Gasteiger partial charge in [0.2, 0.25) is 11.8 Å². The largest absolute Gasteiger partial charge is 0.462 e. The molecule has 1 fully saturated rings. The van der Waals surface area contributed by atoms with Crippen molar-refractivity contribution in [2.24, 2.45) is 0 Å². The van der Waals surface area contributed by atoms with Crippen LogP contribution in [0, 0.1) is 6.92 Å². The summed E-state index contributed by atoms with van der Waals surface area (Å²) in [7, 11) is 0. The lowest BCUT2D eigenvalue weighted by molar-refractivity contribution is -0.117. The van der Waals surface area contributed by atoms with Gasteiger partial charge in [-0.05, 0) is 20.3 Å². The minimum absolute atomic E-state index is 0.0695. The molecule has 2 aromatic rings. The van der Waals surface area contributed by atoms with Gasteiger partial charge in [-0.15, -0.1) is 11.3 Å². The molecule has 1 N–H and O–H groups in total. The summed E-state index contributed by atoms with van der Waals surface area (Å²) in [5, 5.41) is 5.43. The van der Waals surface area contributed by atoms with Crippen LogP contribution >= 0.6 is 22.7 Å². The van der Waals surface area contributed by atoms with Gasteiger partial charge in [-0.2, -0.15) is 0 Å². The smallest absolute Gasteiger partial charge is 0.350 e. The summed E-state index contributed by atoms with van der Waals surface area (Å²) in [5.41, 5.74) is 1.12. The molecule has 0 saturated carbocycles. The van der Waals surface area contributed by atoms with E-state index < -0.39 is 5.97 Å². The number of aryl methyl sites for hydroxylation is 1. The van der Waals surface area contributed by atoms with E-state index in [0.29, 0.717) is 39.5 Å². The molecule has 10 heteroatoms. The first-order chi connectivity index (χ1) is 12.5. The summed E-state index contributed by atoms with van der Waals surface area (Å²) in [6.45, 7) is 4.38. The van der Waals surface area contributed by atoms with Crippen molar-refractivity contribution in [2.75, 3.05) is 23.4 Å². The summed E-state index contributed by atoms with van der Waals surface area (Å²) < 4.78 is 4.96. The third-order valence-electron chi connectivity index (χ3n) is 3.69. The Morgan fingerprint density at radius 1 is 1.38 bits per heavy atom. The van der Waals surface area contributed by atoms with Gasteiger partial charge in [0.05, 0.1) is 24.4 Å². The molecule has 8 nitrogen and oxygen atoms in total. The molecule has 0 spiro atoms. The van der Waals surface area contributed by atoms with Crippen molar-refractivity contribution in [2.45, 2.75) is 33.1 Å². The lowest BCUT2D eigenvalue weighted by Crippen LogP contribution is -2.23. The zero-order valence-corrected chi connectivity index (χ0v) is 16.0. The zero-order chi connectivity index (χ0) is 18.7. The maximum atomic E-state index is 12.2. The van der Waals surface area contributed by atoms with Gasteiger partial charge in [0.15, 0.2) is 10.3 Å². The Morgan fingerprint density at radius 2 is 2.19 bits per heavy atom. The standard InChI is InChI=1S/C16H18N4O4S2/c1-3-24-14(23)13-9(2)17-15(26-13)19-11(21)7-10-8-25-16(18-10)20-6-4-5-12(20)22/h8H,3-7H2,1-2H3,(H,17,19,21). The van der Waals surface area contributed by atoms with Gasteiger partial charge in [-0.3, -0.25) is 14.5 Å². The first kappa shape index (κ1) is 18.5. The second kappa shape index (κ2) is 7.92. The number of hydrogen-bond donors (Lipinski definition) is 1. The molecule has 26 heavy (non-hydrogen) atoms. The van der Waals surface area contributed by atoms with Crippen molar-refractivity contribution in [1.29, 1.82) is 0 Å². The summed E-state index contributed by atoms with van der Waals surface area (Å²) in [5.74, 6) is -0.652. The van der Waals surface area contributed by atoms with Crippen LogP contribution in [0.25, 0.3) is 0 Å². The number of thiazole rings is 2. The van der Waals surface area contributed by atoms with E-state index in [-0.39, 0.29) is 24.8 Å². The molecule has 0 aromatic carbocycles. The van der Waals surface area contributed by atoms with E-state index in [4.69, 9.17) is 4.74 Å². The van der Waals surface area contributed by atoms with Crippen LogP contribution in [-0.4, -0.2) is 40.9 Å². The van der Waals surface area contributed by atoms with Gasteiger partial charge >= 0.3 is 5.97 Å². The molecule has 0 radical (unpaired) electrons. The molecular formula is C16H18N4O4S2. The summed E-state index contributed by atoms with van der Waals surface area (Å²) >= 11 is 2.44. The van der Waals surface area contributed by atoms with E-state index in [2.05, 4.69) is 15.3 Å². The first-order valence-corrected chi connectivity index (χ1v) is 9.86. The van der Waals surface area contributed by atoms with Crippen molar-refractivity contribution in [3.05, 3.63) is 21.6 Å². The topological polar surface area (TPSA) is 101 Å². The summed E-state index contributed by atoms with van der Waals surface area (Å²) in [4.78, 5) is 46.4. The molecule has 138 valence electrons. The van der Waals surface area contributed by atoms with Crippen molar-refractivity contribution >= 4 is 50.7 Å². The number of nitrogens with one attached hydrogen (secondary N) is 1. The number of ether oxygens (including phenoxy) is 1. The third kappa shape index (κ3) is 4.07. The molecule has 3 heterocycles. The van der Waals surface area contributed by atoms with Gasteiger partial charge in [0, 0.05) is 18.3 Å². The van der Waals surface area contributed by atoms with E-state index in [1.54, 1.807) is 24.1 Å². The Morgan fingerprint density at radius 3 is 2.88 bits per heavy atom. The number of aromatic nitrogens is 2. The fourth-order valence-corrected chi connectivity index (χ4v) is 4.26. The van der Waals surface area contributed by atoms with Crippen LogP contribution in [0.3, 0.4) is 0 Å². The second-order valence-electron chi connectivity index (χ2n) is 5.65. The summed E-state index contributed by atoms with van der Waals surface area (Å²) in [6.07, 6.45) is 1.45. The van der Waals surface area contributed by atoms with E-state index in [1.807, 2.05) is 0 Å². The highest BCUT2D eigenvalue weighted by Gasteiger charge is 2.24. The Hall–Kier alpha value is -2.33. The molecule has 0 aliphatic carbocycles. The molecular weight excluding hydrogens is 376 g/mol. The van der Waals surface area contributed by atoms with E-state index >= 15 is 0 Å². The third-order valence-corrected chi connectivity index (χ3v) is 5.65. The van der Waals surface area contributed by atoms with Crippen LogP contribution < -0.4 is 10.2 Å². The minimum atomic E-state index is -0.442. The van der Waals surface area contributed by atoms with Crippen molar-refractivity contribution in [3.8, 4) is 0 Å². The number of hydrogen-bond acceptors (Lipinski definition) is 8. The van der Waals surface area contributed by atoms with Gasteiger partial charge in [0.1, 0.15) is 4.88 Å². The summed E-state index contributed by atoms with van der Waals surface area (Å²) in [6, 6.07) is 0. The maximum Gasteiger partial charge on any atom is 0.350 e. The number of rotatable bonds is 6. The fourth-order valence-electron chi connectivity index (χ4n) is 2.52. The van der Waals surface area contributed by atoms with Gasteiger partial charge in [-0.1, -0.05) is 11.3 Å². The molecule has 2 amide bonds. The van der Waals surface area contributed by atoms with E-state index in [9.17, 15) is 14.4 Å². The average Bonchev–Trinajstić information content (AvgIpc) is 3.28. The number of carbonyl (C=O) groups is 3. The number of anilines is 2. The quantitative estimate of drug-likeness (QED) is 0.755. The van der Waals surface area contributed by atoms with Crippen LogP contribution in [0.15, 0.2) is 5.38 Å². The highest BCUT2D eigenvalue weighted by Crippen LogP contribution is 2.26. The van der Waals surface area contributed by atoms with Crippen LogP contribution in [0.2, 0.25) is 0 Å². The molecule has 0 atom stereocenters. The highest BCUT2D eigenvalue weighted by atomic mass is 32.1. The number of amides is 2. The zero-order valence-electron chi connectivity index (χ0n) is 14.4. The predicted molar refractivity (Wildman–Crippen MR) is 98.8 cm³/mol. The van der Waals surface area contributed by atoms with Crippen molar-refractivity contribution in [3.63, 3.8) is 0 Å². The first-order valence-electron chi connectivity index (χ1n) is 8.17. The molecule has 0 unspecified atom stereocenters. The van der Waals surface area contributed by atoms with Crippen LogP contribution in [0.1, 0.15) is 40.8 Å². The Kier molecular flexibility index (Phi) is 5.62. The molecule has 1 aliphatic rings. The van der Waals surface area contributed by atoms with Gasteiger partial charge in [-0.25, -0.2) is 14.8 Å². The van der Waals surface area contributed by atoms with Gasteiger partial charge < -0.3 is 10.1 Å². The SMILES string of the molecule is CCOC(=O)c1sc(NC(=O)Cc2csc(N3CCCC3=O)n2)nc1C. The average molecular weight is 394 g/mol. The molecule has 1 aliphatic heterocycles. The normalized spacial score (nSPS) is 13.9. The Labute approximate surface area is 158 Å². The second-order valence-corrected chi connectivity index (χ2v) is 7.48. The van der Waals surface area contributed by atoms with Crippen LogP contribution in [0.5, 0.6) is 0 Å². The highest BCUT2D eigenvalue weighted by molar-refractivity contribution is 7.17. The van der Waals surface area contributed by atoms with E-state index in [1.165, 1.54) is 11.3 Å². The van der Waals surface area contributed by atoms with Crippen molar-refractivity contribution < 1.29 is 19.1 Å². The lowest BCUT2D eigenvalue weighted by atomic mass is 10.3. The molecule has 1 saturated heterocycles. The Balaban J connectivity index is 1.61. The number of carbonyl (C=O) groups excluding carboxylic acids is 3. The maximum absolute atomic E-state index is 12.2. The fraction of sp³-hybridized carbons (Fsp3) is 0.438. The minimum Gasteiger partial charge on any atom is -0.462 e. The molecule has 0 bridgehead atoms. The van der Waals surface area contributed by atoms with Crippen LogP contribution in [-0.2, 0) is 20.7 Å². The molecule has 2 aromatic heterocycles. The number of esters is 1. The Bertz CT molecular complexity index is 845. The number of nitrogens with zero attached hydrogens (tertiary/aromatic N) is 3. The van der Waals surface area contributed by atoms with Gasteiger partial charge in [0.25, 0.3) is 0 Å². The van der Waals surface area contributed by atoms with Crippen molar-refractivity contribution in [1.82, 2.24) is 9.97 Å². The van der Waals surface area contributed by atoms with E-state index in [0.717, 1.165) is 17.8 Å². The monoisotopic (exact) mass is 394 g/mol.